The van der Waals surface area contributed by atoms with E-state index in [1.807, 2.05) is 60.7 Å². The summed E-state index contributed by atoms with van der Waals surface area (Å²) in [5.74, 6) is -0.591. The number of para-hydroxylation sites is 1. The van der Waals surface area contributed by atoms with Crippen LogP contribution in [0.3, 0.4) is 0 Å². The van der Waals surface area contributed by atoms with Gasteiger partial charge in [-0.15, -0.1) is 0 Å². The first-order valence-corrected chi connectivity index (χ1v) is 9.36. The van der Waals surface area contributed by atoms with E-state index in [1.54, 1.807) is 12.1 Å². The van der Waals surface area contributed by atoms with E-state index in [-0.39, 0.29) is 5.57 Å². The lowest BCUT2D eigenvalue weighted by Gasteiger charge is -2.09. The molecule has 3 rings (SSSR count). The third kappa shape index (κ3) is 5.76. The predicted molar refractivity (Wildman–Crippen MR) is 119 cm³/mol. The number of carbonyl (C=O) groups excluding carboxylic acids is 1. The van der Waals surface area contributed by atoms with Crippen LogP contribution in [0.1, 0.15) is 0 Å². The molecule has 0 spiro atoms. The fourth-order valence-corrected chi connectivity index (χ4v) is 2.76. The number of amides is 1. The van der Waals surface area contributed by atoms with Crippen LogP contribution >= 0.6 is 23.2 Å². The van der Waals surface area contributed by atoms with Crippen LogP contribution in [0, 0.1) is 11.3 Å². The van der Waals surface area contributed by atoms with Crippen LogP contribution in [-0.4, -0.2) is 5.91 Å². The number of halogens is 2. The van der Waals surface area contributed by atoms with E-state index in [0.717, 1.165) is 17.1 Å². The van der Waals surface area contributed by atoms with E-state index in [0.29, 0.717) is 15.7 Å². The molecule has 0 aromatic heterocycles. The Morgan fingerprint density at radius 3 is 2.24 bits per heavy atom. The lowest BCUT2D eigenvalue weighted by atomic mass is 10.2. The van der Waals surface area contributed by atoms with Gasteiger partial charge in [0.2, 0.25) is 0 Å². The third-order valence-corrected chi connectivity index (χ3v) is 4.44. The zero-order chi connectivity index (χ0) is 20.6. The van der Waals surface area contributed by atoms with E-state index in [2.05, 4.69) is 16.0 Å². The second kappa shape index (κ2) is 9.65. The molecule has 0 saturated heterocycles. The van der Waals surface area contributed by atoms with E-state index in [1.165, 1.54) is 12.3 Å². The molecule has 0 aliphatic carbocycles. The van der Waals surface area contributed by atoms with Crippen LogP contribution in [0.4, 0.5) is 22.7 Å². The second-order valence-corrected chi connectivity index (χ2v) is 6.80. The van der Waals surface area contributed by atoms with Crippen molar-refractivity contribution in [2.45, 2.75) is 0 Å². The van der Waals surface area contributed by atoms with Gasteiger partial charge in [-0.3, -0.25) is 4.79 Å². The molecular formula is C22H16Cl2N4O. The smallest absolute Gasteiger partial charge is 0.267 e. The van der Waals surface area contributed by atoms with Crippen molar-refractivity contribution in [3.63, 3.8) is 0 Å². The summed E-state index contributed by atoms with van der Waals surface area (Å²) in [4.78, 5) is 12.3. The van der Waals surface area contributed by atoms with Gasteiger partial charge in [0.25, 0.3) is 5.91 Å². The Hall–Kier alpha value is -3.46. The van der Waals surface area contributed by atoms with E-state index >= 15 is 0 Å². The average molecular weight is 423 g/mol. The quantitative estimate of drug-likeness (QED) is 0.326. The average Bonchev–Trinajstić information content (AvgIpc) is 2.73. The lowest BCUT2D eigenvalue weighted by Crippen LogP contribution is -2.14. The lowest BCUT2D eigenvalue weighted by molar-refractivity contribution is -0.112. The molecule has 0 fully saturated rings. The monoisotopic (exact) mass is 422 g/mol. The largest absolute Gasteiger partial charge is 0.360 e. The molecule has 3 aromatic rings. The van der Waals surface area contributed by atoms with Gasteiger partial charge >= 0.3 is 0 Å². The van der Waals surface area contributed by atoms with Crippen LogP contribution in [0.25, 0.3) is 0 Å². The number of hydrogen-bond acceptors (Lipinski definition) is 4. The van der Waals surface area contributed by atoms with Crippen molar-refractivity contribution in [2.75, 3.05) is 16.0 Å². The number of hydrogen-bond donors (Lipinski definition) is 3. The number of carbonyl (C=O) groups is 1. The normalized spacial score (nSPS) is 10.7. The number of nitrogens with zero attached hydrogens (tertiary/aromatic N) is 1. The minimum Gasteiger partial charge on any atom is -0.360 e. The Bertz CT molecular complexity index is 1070. The Balaban J connectivity index is 1.64. The molecule has 5 nitrogen and oxygen atoms in total. The van der Waals surface area contributed by atoms with Crippen molar-refractivity contribution in [1.29, 1.82) is 5.26 Å². The maximum Gasteiger partial charge on any atom is 0.267 e. The summed E-state index contributed by atoms with van der Waals surface area (Å²) in [5.41, 5.74) is 2.86. The molecule has 1 amide bonds. The van der Waals surface area contributed by atoms with Gasteiger partial charge in [0, 0.05) is 28.3 Å². The van der Waals surface area contributed by atoms with Crippen LogP contribution in [0.2, 0.25) is 10.0 Å². The number of benzene rings is 3. The van der Waals surface area contributed by atoms with Crippen molar-refractivity contribution >= 4 is 51.9 Å². The first-order chi connectivity index (χ1) is 14.0. The zero-order valence-corrected chi connectivity index (χ0v) is 16.6. The van der Waals surface area contributed by atoms with Gasteiger partial charge < -0.3 is 16.0 Å². The molecule has 0 unspecified atom stereocenters. The van der Waals surface area contributed by atoms with Gasteiger partial charge in [-0.05, 0) is 54.6 Å². The zero-order valence-electron chi connectivity index (χ0n) is 15.1. The summed E-state index contributed by atoms with van der Waals surface area (Å²) < 4.78 is 0. The molecule has 3 aromatic carbocycles. The van der Waals surface area contributed by atoms with E-state index in [9.17, 15) is 10.1 Å². The third-order valence-electron chi connectivity index (χ3n) is 3.87. The highest BCUT2D eigenvalue weighted by molar-refractivity contribution is 6.36. The van der Waals surface area contributed by atoms with Crippen LogP contribution in [0.5, 0.6) is 0 Å². The number of anilines is 4. The summed E-state index contributed by atoms with van der Waals surface area (Å²) in [6.07, 6.45) is 1.34. The molecule has 144 valence electrons. The fourth-order valence-electron chi connectivity index (χ4n) is 2.42. The molecule has 3 N–H and O–H groups in total. The SMILES string of the molecule is N#C/C(=C/Nc1ccc(Nc2ccccc2)cc1)C(=O)Nc1cc(Cl)ccc1Cl. The van der Waals surface area contributed by atoms with Gasteiger partial charge in [-0.1, -0.05) is 41.4 Å². The highest BCUT2D eigenvalue weighted by Crippen LogP contribution is 2.26. The van der Waals surface area contributed by atoms with Crippen molar-refractivity contribution in [1.82, 2.24) is 0 Å². The Labute approximate surface area is 178 Å². The summed E-state index contributed by atoms with van der Waals surface area (Å²) in [6, 6.07) is 23.8. The van der Waals surface area contributed by atoms with Crippen molar-refractivity contribution in [2.24, 2.45) is 0 Å². The molecule has 0 atom stereocenters. The molecule has 0 bridgehead atoms. The summed E-state index contributed by atoms with van der Waals surface area (Å²) in [5, 5.41) is 18.9. The minimum atomic E-state index is -0.591. The first kappa shape index (κ1) is 20.3. The van der Waals surface area contributed by atoms with Gasteiger partial charge in [-0.25, -0.2) is 0 Å². The Morgan fingerprint density at radius 2 is 1.55 bits per heavy atom. The van der Waals surface area contributed by atoms with Crippen LogP contribution in [-0.2, 0) is 4.79 Å². The summed E-state index contributed by atoms with van der Waals surface area (Å²) in [6.45, 7) is 0. The van der Waals surface area contributed by atoms with Gasteiger partial charge in [-0.2, -0.15) is 5.26 Å². The van der Waals surface area contributed by atoms with E-state index < -0.39 is 5.91 Å². The predicted octanol–water partition coefficient (Wildman–Crippen LogP) is 6.20. The van der Waals surface area contributed by atoms with Crippen molar-refractivity contribution in [3.05, 3.63) is 94.6 Å². The van der Waals surface area contributed by atoms with Gasteiger partial charge in [0.15, 0.2) is 0 Å². The topological polar surface area (TPSA) is 77.0 Å². The molecule has 0 aliphatic heterocycles. The standard InChI is InChI=1S/C22H16Cl2N4O/c23-16-6-11-20(24)21(12-16)28-22(29)15(13-25)14-26-17-7-9-19(10-8-17)27-18-4-2-1-3-5-18/h1-12,14,26-27H,(H,28,29)/b15-14-. The van der Waals surface area contributed by atoms with Crippen molar-refractivity contribution in [3.8, 4) is 6.07 Å². The molecule has 0 saturated carbocycles. The first-order valence-electron chi connectivity index (χ1n) is 8.60. The molecule has 29 heavy (non-hydrogen) atoms. The number of nitriles is 1. The molecule has 0 heterocycles. The number of nitrogens with one attached hydrogen (secondary N) is 3. The van der Waals surface area contributed by atoms with Crippen LogP contribution < -0.4 is 16.0 Å². The van der Waals surface area contributed by atoms with Gasteiger partial charge in [0.05, 0.1) is 10.7 Å². The molecule has 0 aliphatic rings. The Kier molecular flexibility index (Phi) is 6.75. The highest BCUT2D eigenvalue weighted by atomic mass is 35.5. The molecular weight excluding hydrogens is 407 g/mol. The maximum atomic E-state index is 12.3. The highest BCUT2D eigenvalue weighted by Gasteiger charge is 2.11. The van der Waals surface area contributed by atoms with Crippen LogP contribution in [0.15, 0.2) is 84.6 Å². The maximum absolute atomic E-state index is 12.3. The van der Waals surface area contributed by atoms with Gasteiger partial charge in [0.1, 0.15) is 11.6 Å². The van der Waals surface area contributed by atoms with Crippen molar-refractivity contribution < 1.29 is 4.79 Å². The second-order valence-electron chi connectivity index (χ2n) is 5.96. The van der Waals surface area contributed by atoms with E-state index in [4.69, 9.17) is 23.2 Å². The summed E-state index contributed by atoms with van der Waals surface area (Å²) in [7, 11) is 0. The Morgan fingerprint density at radius 1 is 0.897 bits per heavy atom. The molecule has 0 radical (unpaired) electrons. The minimum absolute atomic E-state index is 0.104. The molecule has 7 heteroatoms. The number of rotatable bonds is 6. The summed E-state index contributed by atoms with van der Waals surface area (Å²) >= 11 is 11.9. The fraction of sp³-hybridized carbons (Fsp3) is 0.